The highest BCUT2D eigenvalue weighted by Gasteiger charge is 2.39. The van der Waals surface area contributed by atoms with Gasteiger partial charge in [-0.25, -0.2) is 0 Å². The van der Waals surface area contributed by atoms with E-state index in [0.29, 0.717) is 6.10 Å². The molecule has 88 valence electrons. The molecule has 1 heterocycles. The van der Waals surface area contributed by atoms with Gasteiger partial charge in [0.05, 0.1) is 0 Å². The third-order valence-corrected chi connectivity index (χ3v) is 3.55. The molecule has 0 aromatic heterocycles. The van der Waals surface area contributed by atoms with Crippen molar-refractivity contribution in [3.05, 3.63) is 29.8 Å². The zero-order valence-corrected chi connectivity index (χ0v) is 11.0. The molecule has 0 fully saturated rings. The largest absolute Gasteiger partial charge is 0.490 e. The minimum Gasteiger partial charge on any atom is -0.490 e. The van der Waals surface area contributed by atoms with Gasteiger partial charge in [-0.2, -0.15) is 0 Å². The summed E-state index contributed by atoms with van der Waals surface area (Å²) in [6, 6.07) is 8.44. The molecular weight excluding hydrogens is 196 g/mol. The number of para-hydroxylation sites is 1. The van der Waals surface area contributed by atoms with Crippen LogP contribution in [0.2, 0.25) is 0 Å². The van der Waals surface area contributed by atoms with E-state index in [9.17, 15) is 0 Å². The van der Waals surface area contributed by atoms with Gasteiger partial charge in [0, 0.05) is 0 Å². The predicted molar refractivity (Wildman–Crippen MR) is 68.0 cm³/mol. The molecule has 0 bridgehead atoms. The molecule has 1 heteroatoms. The fourth-order valence-electron chi connectivity index (χ4n) is 2.38. The maximum absolute atomic E-state index is 6.13. The topological polar surface area (TPSA) is 9.23 Å². The lowest BCUT2D eigenvalue weighted by Crippen LogP contribution is -2.41. The molecule has 1 nitrogen and oxygen atoms in total. The van der Waals surface area contributed by atoms with Crippen molar-refractivity contribution in [3.63, 3.8) is 0 Å². The van der Waals surface area contributed by atoms with Crippen LogP contribution in [0, 0.1) is 5.41 Å². The van der Waals surface area contributed by atoms with Crippen LogP contribution in [0.5, 0.6) is 5.75 Å². The Bertz CT molecular complexity index is 385. The number of rotatable bonds is 0. The van der Waals surface area contributed by atoms with E-state index in [-0.39, 0.29) is 10.8 Å². The van der Waals surface area contributed by atoms with E-state index in [2.05, 4.69) is 58.9 Å². The van der Waals surface area contributed by atoms with Gasteiger partial charge in [0.2, 0.25) is 0 Å². The molecule has 16 heavy (non-hydrogen) atoms. The van der Waals surface area contributed by atoms with Crippen LogP contribution in [0.25, 0.3) is 0 Å². The maximum atomic E-state index is 6.13. The van der Waals surface area contributed by atoms with Crippen LogP contribution in [0.4, 0.5) is 0 Å². The quantitative estimate of drug-likeness (QED) is 0.635. The molecule has 1 unspecified atom stereocenters. The normalized spacial score (nSPS) is 23.4. The summed E-state index contributed by atoms with van der Waals surface area (Å²) < 4.78 is 6.13. The second-order valence-corrected chi connectivity index (χ2v) is 6.56. The highest BCUT2D eigenvalue weighted by atomic mass is 16.5. The van der Waals surface area contributed by atoms with Crippen molar-refractivity contribution in [2.45, 2.75) is 52.6 Å². The summed E-state index contributed by atoms with van der Waals surface area (Å²) in [7, 11) is 0. The first kappa shape index (κ1) is 11.5. The molecule has 0 saturated carbocycles. The van der Waals surface area contributed by atoms with Crippen molar-refractivity contribution >= 4 is 0 Å². The Morgan fingerprint density at radius 3 is 2.44 bits per heavy atom. The summed E-state index contributed by atoms with van der Waals surface area (Å²) in [4.78, 5) is 0. The molecule has 0 aliphatic carbocycles. The van der Waals surface area contributed by atoms with Crippen LogP contribution < -0.4 is 4.74 Å². The molecule has 1 aromatic rings. The number of hydrogen-bond donors (Lipinski definition) is 0. The highest BCUT2D eigenvalue weighted by Crippen LogP contribution is 2.44. The van der Waals surface area contributed by atoms with Crippen LogP contribution in [-0.2, 0) is 5.41 Å². The zero-order valence-electron chi connectivity index (χ0n) is 11.0. The van der Waals surface area contributed by atoms with Crippen molar-refractivity contribution < 1.29 is 4.74 Å². The Morgan fingerprint density at radius 1 is 1.19 bits per heavy atom. The Balaban J connectivity index is 2.41. The summed E-state index contributed by atoms with van der Waals surface area (Å²) in [6.07, 6.45) is 1.39. The Kier molecular flexibility index (Phi) is 2.52. The predicted octanol–water partition coefficient (Wildman–Crippen LogP) is 4.16. The van der Waals surface area contributed by atoms with Gasteiger partial charge in [-0.1, -0.05) is 52.8 Å². The van der Waals surface area contributed by atoms with Crippen molar-refractivity contribution in [1.29, 1.82) is 0 Å². The first-order valence-corrected chi connectivity index (χ1v) is 6.07. The number of ether oxygens (including phenoxy) is 1. The van der Waals surface area contributed by atoms with Crippen molar-refractivity contribution in [2.75, 3.05) is 0 Å². The van der Waals surface area contributed by atoms with Crippen LogP contribution in [-0.4, -0.2) is 6.10 Å². The van der Waals surface area contributed by atoms with E-state index in [1.807, 2.05) is 0 Å². The number of hydrogen-bond acceptors (Lipinski definition) is 1. The first-order valence-electron chi connectivity index (χ1n) is 6.07. The zero-order chi connectivity index (χ0) is 12.0. The lowest BCUT2D eigenvalue weighted by atomic mass is 9.72. The minimum atomic E-state index is 0.199. The van der Waals surface area contributed by atoms with E-state index in [1.54, 1.807) is 0 Å². The van der Waals surface area contributed by atoms with Gasteiger partial charge in [-0.05, 0) is 28.9 Å². The number of benzene rings is 1. The fraction of sp³-hybridized carbons (Fsp3) is 0.600. The van der Waals surface area contributed by atoms with E-state index in [4.69, 9.17) is 4.74 Å². The standard InChI is InChI=1S/C15H22O/c1-14(2,3)13-10-15(4,5)11-8-6-7-9-12(11)16-13/h6-9,13H,10H2,1-5H3. The van der Waals surface area contributed by atoms with Gasteiger partial charge >= 0.3 is 0 Å². The van der Waals surface area contributed by atoms with E-state index >= 15 is 0 Å². The maximum Gasteiger partial charge on any atom is 0.123 e. The van der Waals surface area contributed by atoms with E-state index in [1.165, 1.54) is 5.56 Å². The third kappa shape index (κ3) is 1.95. The molecule has 2 rings (SSSR count). The second-order valence-electron chi connectivity index (χ2n) is 6.56. The van der Waals surface area contributed by atoms with Crippen molar-refractivity contribution in [1.82, 2.24) is 0 Å². The van der Waals surface area contributed by atoms with Gasteiger partial charge in [-0.15, -0.1) is 0 Å². The SMILES string of the molecule is CC1(C)CC(C(C)(C)C)Oc2ccccc21. The van der Waals surface area contributed by atoms with Crippen molar-refractivity contribution in [2.24, 2.45) is 5.41 Å². The smallest absolute Gasteiger partial charge is 0.123 e. The molecule has 1 aliphatic heterocycles. The summed E-state index contributed by atoms with van der Waals surface area (Å²) in [5.74, 6) is 1.07. The van der Waals surface area contributed by atoms with Gasteiger partial charge in [0.1, 0.15) is 11.9 Å². The molecule has 0 amide bonds. The van der Waals surface area contributed by atoms with Crippen LogP contribution in [0.1, 0.15) is 46.6 Å². The van der Waals surface area contributed by atoms with Crippen LogP contribution >= 0.6 is 0 Å². The average Bonchev–Trinajstić information content (AvgIpc) is 2.15. The molecule has 0 N–H and O–H groups in total. The summed E-state index contributed by atoms with van der Waals surface area (Å²) in [5.41, 5.74) is 1.76. The van der Waals surface area contributed by atoms with Crippen LogP contribution in [0.15, 0.2) is 24.3 Å². The third-order valence-electron chi connectivity index (χ3n) is 3.55. The van der Waals surface area contributed by atoms with Gasteiger partial charge in [0.15, 0.2) is 0 Å². The lowest BCUT2D eigenvalue weighted by Gasteiger charge is -2.43. The minimum absolute atomic E-state index is 0.199. The Morgan fingerprint density at radius 2 is 1.81 bits per heavy atom. The first-order chi connectivity index (χ1) is 7.31. The molecule has 1 aliphatic rings. The number of fused-ring (bicyclic) bond motifs is 1. The fourth-order valence-corrected chi connectivity index (χ4v) is 2.38. The summed E-state index contributed by atoms with van der Waals surface area (Å²) in [5, 5.41) is 0. The van der Waals surface area contributed by atoms with Gasteiger partial charge in [0.25, 0.3) is 0 Å². The Hall–Kier alpha value is -0.980. The molecule has 0 radical (unpaired) electrons. The highest BCUT2D eigenvalue weighted by molar-refractivity contribution is 5.41. The van der Waals surface area contributed by atoms with E-state index < -0.39 is 0 Å². The molecular formula is C15H22O. The average molecular weight is 218 g/mol. The lowest BCUT2D eigenvalue weighted by molar-refractivity contribution is 0.0425. The molecule has 1 atom stereocenters. The van der Waals surface area contributed by atoms with Gasteiger partial charge < -0.3 is 4.74 Å². The summed E-state index contributed by atoms with van der Waals surface area (Å²) >= 11 is 0. The molecule has 0 saturated heterocycles. The Labute approximate surface area is 98.8 Å². The van der Waals surface area contributed by atoms with Gasteiger partial charge in [-0.3, -0.25) is 0 Å². The van der Waals surface area contributed by atoms with Crippen LogP contribution in [0.3, 0.4) is 0 Å². The monoisotopic (exact) mass is 218 g/mol. The molecule has 1 aromatic carbocycles. The summed E-state index contributed by atoms with van der Waals surface area (Å²) in [6.45, 7) is 11.4. The molecule has 0 spiro atoms. The van der Waals surface area contributed by atoms with E-state index in [0.717, 1.165) is 12.2 Å². The second kappa shape index (κ2) is 3.51. The van der Waals surface area contributed by atoms with Crippen molar-refractivity contribution in [3.8, 4) is 5.75 Å².